The minimum absolute atomic E-state index is 0.0712. The Bertz CT molecular complexity index is 764. The van der Waals surface area contributed by atoms with Gasteiger partial charge in [-0.2, -0.15) is 5.26 Å². The van der Waals surface area contributed by atoms with Crippen LogP contribution < -0.4 is 4.90 Å². The lowest BCUT2D eigenvalue weighted by atomic mass is 9.96. The van der Waals surface area contributed by atoms with Gasteiger partial charge in [0.25, 0.3) is 0 Å². The molecule has 1 aliphatic rings. The van der Waals surface area contributed by atoms with Crippen LogP contribution in [0.1, 0.15) is 25.3 Å². The van der Waals surface area contributed by atoms with Gasteiger partial charge in [0, 0.05) is 29.5 Å². The zero-order valence-electron chi connectivity index (χ0n) is 13.3. The van der Waals surface area contributed by atoms with Gasteiger partial charge in [-0.25, -0.2) is 0 Å². The molecule has 0 bridgehead atoms. The maximum Gasteiger partial charge on any atom is 0.310 e. The van der Waals surface area contributed by atoms with E-state index in [1.165, 1.54) is 0 Å². The molecule has 0 aliphatic carbocycles. The monoisotopic (exact) mass is 308 g/mol. The van der Waals surface area contributed by atoms with Crippen molar-refractivity contribution >= 4 is 22.4 Å². The second-order valence-electron chi connectivity index (χ2n) is 5.83. The highest BCUT2D eigenvalue weighted by Crippen LogP contribution is 2.32. The first kappa shape index (κ1) is 15.4. The molecule has 0 N–H and O–H groups in total. The van der Waals surface area contributed by atoms with Crippen molar-refractivity contribution in [3.63, 3.8) is 0 Å². The normalized spacial score (nSPS) is 17.7. The van der Waals surface area contributed by atoms with Gasteiger partial charge in [0.2, 0.25) is 0 Å². The van der Waals surface area contributed by atoms with Crippen LogP contribution in [0.2, 0.25) is 0 Å². The van der Waals surface area contributed by atoms with Gasteiger partial charge in [0.05, 0.1) is 24.2 Å². The molecule has 0 spiro atoms. The van der Waals surface area contributed by atoms with Crippen LogP contribution >= 0.6 is 0 Å². The molecule has 4 heteroatoms. The maximum absolute atomic E-state index is 12.0. The van der Waals surface area contributed by atoms with Crippen LogP contribution in [0.3, 0.4) is 0 Å². The summed E-state index contributed by atoms with van der Waals surface area (Å²) < 4.78 is 5.18. The van der Waals surface area contributed by atoms with E-state index in [-0.39, 0.29) is 11.9 Å². The molecule has 1 aliphatic heterocycles. The molecule has 1 fully saturated rings. The number of esters is 1. The molecule has 2 aromatic rings. The third-order valence-electron chi connectivity index (χ3n) is 4.40. The van der Waals surface area contributed by atoms with E-state index in [1.54, 1.807) is 0 Å². The Morgan fingerprint density at radius 3 is 2.83 bits per heavy atom. The number of anilines is 1. The number of nitriles is 1. The fraction of sp³-hybridized carbons (Fsp3) is 0.368. The van der Waals surface area contributed by atoms with Crippen molar-refractivity contribution in [3.8, 4) is 6.07 Å². The number of fused-ring (bicyclic) bond motifs is 1. The predicted molar refractivity (Wildman–Crippen MR) is 90.2 cm³/mol. The summed E-state index contributed by atoms with van der Waals surface area (Å²) in [5.74, 6) is -0.173. The lowest BCUT2D eigenvalue weighted by Gasteiger charge is -2.34. The van der Waals surface area contributed by atoms with Crippen molar-refractivity contribution in [1.82, 2.24) is 0 Å². The van der Waals surface area contributed by atoms with E-state index in [1.807, 2.05) is 43.3 Å². The average molecular weight is 308 g/mol. The highest BCUT2D eigenvalue weighted by atomic mass is 16.5. The van der Waals surface area contributed by atoms with E-state index in [2.05, 4.69) is 11.0 Å². The number of carbonyl (C=O) groups is 1. The summed E-state index contributed by atoms with van der Waals surface area (Å²) in [5.41, 5.74) is 1.77. The molecule has 2 aromatic carbocycles. The van der Waals surface area contributed by atoms with E-state index in [0.29, 0.717) is 18.7 Å². The van der Waals surface area contributed by atoms with E-state index in [0.717, 1.165) is 35.8 Å². The number of rotatable bonds is 3. The number of piperidine rings is 1. The molecule has 3 rings (SSSR count). The molecule has 0 aromatic heterocycles. The molecule has 1 saturated heterocycles. The third kappa shape index (κ3) is 3.00. The quantitative estimate of drug-likeness (QED) is 0.814. The first-order valence-corrected chi connectivity index (χ1v) is 8.08. The van der Waals surface area contributed by atoms with Gasteiger partial charge < -0.3 is 9.64 Å². The molecule has 4 nitrogen and oxygen atoms in total. The van der Waals surface area contributed by atoms with Crippen LogP contribution in [0.15, 0.2) is 36.4 Å². The van der Waals surface area contributed by atoms with Crippen molar-refractivity contribution in [2.75, 3.05) is 24.6 Å². The highest BCUT2D eigenvalue weighted by Gasteiger charge is 2.27. The van der Waals surface area contributed by atoms with Crippen molar-refractivity contribution in [2.24, 2.45) is 5.92 Å². The molecule has 0 saturated carbocycles. The first-order chi connectivity index (χ1) is 11.2. The predicted octanol–water partition coefficient (Wildman–Crippen LogP) is 3.49. The maximum atomic E-state index is 12.0. The number of hydrogen-bond acceptors (Lipinski definition) is 4. The van der Waals surface area contributed by atoms with E-state index in [9.17, 15) is 10.1 Å². The Labute approximate surface area is 136 Å². The lowest BCUT2D eigenvalue weighted by Crippen LogP contribution is -2.39. The molecule has 1 atom stereocenters. The van der Waals surface area contributed by atoms with Crippen molar-refractivity contribution in [1.29, 1.82) is 5.26 Å². The van der Waals surface area contributed by atoms with Crippen LogP contribution in [-0.2, 0) is 9.53 Å². The summed E-state index contributed by atoms with van der Waals surface area (Å²) in [6.07, 6.45) is 1.85. The number of benzene rings is 2. The number of ether oxygens (including phenoxy) is 1. The van der Waals surface area contributed by atoms with Crippen LogP contribution in [-0.4, -0.2) is 25.7 Å². The zero-order chi connectivity index (χ0) is 16.2. The van der Waals surface area contributed by atoms with Gasteiger partial charge in [-0.15, -0.1) is 0 Å². The fourth-order valence-electron chi connectivity index (χ4n) is 3.30. The third-order valence-corrected chi connectivity index (χ3v) is 4.40. The van der Waals surface area contributed by atoms with Crippen molar-refractivity contribution in [3.05, 3.63) is 42.0 Å². The Balaban J connectivity index is 1.94. The molecule has 23 heavy (non-hydrogen) atoms. The van der Waals surface area contributed by atoms with Gasteiger partial charge in [-0.1, -0.05) is 24.3 Å². The second kappa shape index (κ2) is 6.70. The molecule has 0 amide bonds. The van der Waals surface area contributed by atoms with Gasteiger partial charge in [-0.3, -0.25) is 4.79 Å². The Morgan fingerprint density at radius 1 is 1.30 bits per heavy atom. The Kier molecular flexibility index (Phi) is 4.47. The molecular weight excluding hydrogens is 288 g/mol. The van der Waals surface area contributed by atoms with Crippen LogP contribution in [0.5, 0.6) is 0 Å². The van der Waals surface area contributed by atoms with Gasteiger partial charge in [-0.05, 0) is 31.9 Å². The second-order valence-corrected chi connectivity index (χ2v) is 5.83. The molecule has 0 radical (unpaired) electrons. The number of hydrogen-bond donors (Lipinski definition) is 0. The summed E-state index contributed by atoms with van der Waals surface area (Å²) >= 11 is 0. The standard InChI is InChI=1S/C19H20N2O2/c1-2-23-19(22)15-6-5-11-21(13-15)18-10-9-14(12-20)16-7-3-4-8-17(16)18/h3-4,7-10,15H,2,5-6,11,13H2,1H3/t15-/m1/s1. The molecule has 0 unspecified atom stereocenters. The minimum atomic E-state index is -0.102. The smallest absolute Gasteiger partial charge is 0.310 e. The Morgan fingerprint density at radius 2 is 2.09 bits per heavy atom. The Hall–Kier alpha value is -2.54. The topological polar surface area (TPSA) is 53.3 Å². The van der Waals surface area contributed by atoms with Crippen LogP contribution in [0.4, 0.5) is 5.69 Å². The minimum Gasteiger partial charge on any atom is -0.466 e. The summed E-state index contributed by atoms with van der Waals surface area (Å²) in [6, 6.07) is 14.1. The van der Waals surface area contributed by atoms with E-state index >= 15 is 0 Å². The van der Waals surface area contributed by atoms with Gasteiger partial charge in [0.1, 0.15) is 0 Å². The number of nitrogens with zero attached hydrogens (tertiary/aromatic N) is 2. The van der Waals surface area contributed by atoms with E-state index < -0.39 is 0 Å². The first-order valence-electron chi connectivity index (χ1n) is 8.08. The van der Waals surface area contributed by atoms with E-state index in [4.69, 9.17) is 4.74 Å². The number of carbonyl (C=O) groups excluding carboxylic acids is 1. The fourth-order valence-corrected chi connectivity index (χ4v) is 3.30. The summed E-state index contributed by atoms with van der Waals surface area (Å²) in [6.45, 7) is 3.86. The molecule has 1 heterocycles. The molecular formula is C19H20N2O2. The largest absolute Gasteiger partial charge is 0.466 e. The summed E-state index contributed by atoms with van der Waals surface area (Å²) in [5, 5.41) is 11.3. The zero-order valence-corrected chi connectivity index (χ0v) is 13.3. The van der Waals surface area contributed by atoms with Crippen molar-refractivity contribution in [2.45, 2.75) is 19.8 Å². The van der Waals surface area contributed by atoms with Gasteiger partial charge >= 0.3 is 5.97 Å². The summed E-state index contributed by atoms with van der Waals surface area (Å²) in [4.78, 5) is 14.3. The van der Waals surface area contributed by atoms with Crippen molar-refractivity contribution < 1.29 is 9.53 Å². The molecule has 118 valence electrons. The van der Waals surface area contributed by atoms with Gasteiger partial charge in [0.15, 0.2) is 0 Å². The van der Waals surface area contributed by atoms with Crippen LogP contribution in [0, 0.1) is 17.2 Å². The highest BCUT2D eigenvalue weighted by molar-refractivity contribution is 5.98. The SMILES string of the molecule is CCOC(=O)[C@@H]1CCCN(c2ccc(C#N)c3ccccc23)C1. The summed E-state index contributed by atoms with van der Waals surface area (Å²) in [7, 11) is 0. The van der Waals surface area contributed by atoms with Crippen LogP contribution in [0.25, 0.3) is 10.8 Å². The lowest BCUT2D eigenvalue weighted by molar-refractivity contribution is -0.148. The average Bonchev–Trinajstić information content (AvgIpc) is 2.61.